The third-order valence-corrected chi connectivity index (χ3v) is 8.66. The molecule has 5 heterocycles. The number of nitrogens with one attached hydrogen (secondary N) is 1. The van der Waals surface area contributed by atoms with Crippen LogP contribution in [0.5, 0.6) is 0 Å². The van der Waals surface area contributed by atoms with Crippen molar-refractivity contribution in [2.45, 2.75) is 58.5 Å². The average Bonchev–Trinajstić information content (AvgIpc) is 3.62. The summed E-state index contributed by atoms with van der Waals surface area (Å²) in [4.78, 5) is 31.9. The van der Waals surface area contributed by atoms with Crippen LogP contribution in [0.15, 0.2) is 66.0 Å². The largest absolute Gasteiger partial charge is 0.323 e. The zero-order chi connectivity index (χ0) is 32.0. The summed E-state index contributed by atoms with van der Waals surface area (Å²) in [7, 11) is 0. The van der Waals surface area contributed by atoms with Crippen molar-refractivity contribution in [2.24, 2.45) is 5.92 Å². The lowest BCUT2D eigenvalue weighted by atomic mass is 9.96. The van der Waals surface area contributed by atoms with Crippen LogP contribution < -0.4 is 10.9 Å². The number of fused-ring (bicyclic) bond motifs is 4. The van der Waals surface area contributed by atoms with Crippen LogP contribution in [0.25, 0.3) is 28.1 Å². The molecular formula is C32H31Cl3N8O2. The Balaban J connectivity index is 1.49. The molecule has 1 aliphatic heterocycles. The van der Waals surface area contributed by atoms with Crippen LogP contribution in [0.2, 0.25) is 15.2 Å². The summed E-state index contributed by atoms with van der Waals surface area (Å²) >= 11 is 19.4. The number of benzene rings is 1. The van der Waals surface area contributed by atoms with Crippen LogP contribution in [0.1, 0.15) is 58.7 Å². The van der Waals surface area contributed by atoms with Gasteiger partial charge in [0.1, 0.15) is 0 Å². The van der Waals surface area contributed by atoms with Gasteiger partial charge in [0, 0.05) is 46.1 Å². The van der Waals surface area contributed by atoms with E-state index in [0.717, 1.165) is 11.3 Å². The van der Waals surface area contributed by atoms with Gasteiger partial charge in [0.05, 0.1) is 51.8 Å². The van der Waals surface area contributed by atoms with E-state index in [1.54, 1.807) is 47.6 Å². The van der Waals surface area contributed by atoms with Crippen LogP contribution in [0.3, 0.4) is 0 Å². The summed E-state index contributed by atoms with van der Waals surface area (Å²) in [6, 6.07) is 10.1. The van der Waals surface area contributed by atoms with Gasteiger partial charge < -0.3 is 9.88 Å². The number of carbonyl (C=O) groups is 1. The van der Waals surface area contributed by atoms with Gasteiger partial charge >= 0.3 is 0 Å². The molecule has 2 atom stereocenters. The molecule has 1 aromatic carbocycles. The number of halogens is 3. The Morgan fingerprint density at radius 1 is 0.978 bits per heavy atom. The van der Waals surface area contributed by atoms with Crippen molar-refractivity contribution in [1.82, 2.24) is 34.3 Å². The van der Waals surface area contributed by atoms with Gasteiger partial charge in [-0.1, -0.05) is 53.4 Å². The third kappa shape index (κ3) is 6.14. The van der Waals surface area contributed by atoms with E-state index >= 15 is 0 Å². The predicted octanol–water partition coefficient (Wildman–Crippen LogP) is 7.42. The first-order chi connectivity index (χ1) is 21.4. The highest BCUT2D eigenvalue weighted by atomic mass is 35.5. The van der Waals surface area contributed by atoms with Gasteiger partial charge in [-0.2, -0.15) is 5.10 Å². The number of amides is 1. The van der Waals surface area contributed by atoms with Crippen molar-refractivity contribution in [3.05, 3.63) is 92.4 Å². The molecule has 4 aromatic heterocycles. The van der Waals surface area contributed by atoms with Gasteiger partial charge in [0.2, 0.25) is 5.91 Å². The van der Waals surface area contributed by atoms with E-state index in [4.69, 9.17) is 39.8 Å². The Morgan fingerprint density at radius 3 is 2.51 bits per heavy atom. The first-order valence-electron chi connectivity index (χ1n) is 14.6. The summed E-state index contributed by atoms with van der Waals surface area (Å²) in [5.41, 5.74) is 3.99. The minimum Gasteiger partial charge on any atom is -0.323 e. The minimum atomic E-state index is -0.443. The number of hydrogen-bond donors (Lipinski definition) is 1. The predicted molar refractivity (Wildman–Crippen MR) is 176 cm³/mol. The molecule has 0 spiro atoms. The second-order valence-corrected chi connectivity index (χ2v) is 13.5. The van der Waals surface area contributed by atoms with Crippen molar-refractivity contribution >= 4 is 46.4 Å². The quantitative estimate of drug-likeness (QED) is 0.215. The van der Waals surface area contributed by atoms with Crippen molar-refractivity contribution in [3.63, 3.8) is 0 Å². The van der Waals surface area contributed by atoms with Gasteiger partial charge in [-0.25, -0.2) is 4.68 Å². The van der Waals surface area contributed by atoms with Crippen LogP contribution in [-0.2, 0) is 10.3 Å². The Bertz CT molecular complexity index is 1970. The zero-order valence-electron chi connectivity index (χ0n) is 25.1. The molecule has 0 aliphatic carbocycles. The summed E-state index contributed by atoms with van der Waals surface area (Å²) in [5, 5.41) is 16.7. The van der Waals surface area contributed by atoms with E-state index < -0.39 is 6.04 Å². The van der Waals surface area contributed by atoms with Crippen LogP contribution in [-0.4, -0.2) is 40.2 Å². The summed E-state index contributed by atoms with van der Waals surface area (Å²) in [5.74, 6) is -0.330. The molecule has 10 nitrogen and oxygen atoms in total. The molecule has 2 unspecified atom stereocenters. The van der Waals surface area contributed by atoms with Crippen molar-refractivity contribution < 1.29 is 4.79 Å². The Hall–Kier alpha value is -3.99. The molecule has 45 heavy (non-hydrogen) atoms. The number of carbonyl (C=O) groups excluding carboxylic acids is 1. The minimum absolute atomic E-state index is 0.0772. The first kappa shape index (κ1) is 31.0. The molecule has 2 bridgehead atoms. The van der Waals surface area contributed by atoms with Gasteiger partial charge in [-0.15, -0.1) is 5.10 Å². The fraction of sp³-hybridized carbons (Fsp3) is 0.312. The lowest BCUT2D eigenvalue weighted by molar-refractivity contribution is -0.119. The third-order valence-electron chi connectivity index (χ3n) is 7.95. The van der Waals surface area contributed by atoms with Gasteiger partial charge in [-0.3, -0.25) is 19.3 Å². The molecule has 13 heteroatoms. The molecule has 0 fully saturated rings. The summed E-state index contributed by atoms with van der Waals surface area (Å²) in [6.07, 6.45) is 8.48. The molecule has 0 radical (unpaired) electrons. The molecule has 1 aliphatic rings. The highest BCUT2D eigenvalue weighted by molar-refractivity contribution is 6.34. The Kier molecular flexibility index (Phi) is 8.32. The zero-order valence-corrected chi connectivity index (χ0v) is 27.4. The van der Waals surface area contributed by atoms with Gasteiger partial charge in [0.25, 0.3) is 5.56 Å². The molecule has 6 rings (SSSR count). The maximum Gasteiger partial charge on any atom is 0.251 e. The second kappa shape index (κ2) is 12.1. The van der Waals surface area contributed by atoms with E-state index in [2.05, 4.69) is 41.5 Å². The smallest absolute Gasteiger partial charge is 0.251 e. The van der Waals surface area contributed by atoms with Crippen LogP contribution in [0, 0.1) is 5.92 Å². The summed E-state index contributed by atoms with van der Waals surface area (Å²) in [6.45, 7) is 8.07. The standard InChI is InChI=1S/C32H31Cl3N8O2/c1-18-6-5-7-27(24-12-19(10-11-36-24)30-25(38-31(18)45)15-37-43(30)32(2,3)4)41-16-23(34)21(14-29(41)44)22-13-20(33)8-9-26(22)42-17-28(35)39-40-42/h8-18,27H,5-7H2,1-4H3,(H,38,45). The topological polar surface area (TPSA) is 113 Å². The SMILES string of the molecule is CC1CCCC(n2cc(Cl)c(-c3cc(Cl)ccc3-n3cc(Cl)nn3)cc2=O)c2cc(ccn2)-c2c(cnn2C(C)(C)C)NC1=O. The Labute approximate surface area is 275 Å². The van der Waals surface area contributed by atoms with Crippen LogP contribution in [0.4, 0.5) is 5.69 Å². The maximum atomic E-state index is 13.9. The average molecular weight is 666 g/mol. The maximum absolute atomic E-state index is 13.9. The molecule has 232 valence electrons. The normalized spacial score (nSPS) is 17.3. The van der Waals surface area contributed by atoms with E-state index in [9.17, 15) is 9.59 Å². The molecule has 1 amide bonds. The first-order valence-corrected chi connectivity index (χ1v) is 15.7. The van der Waals surface area contributed by atoms with Crippen molar-refractivity contribution in [3.8, 4) is 28.1 Å². The highest BCUT2D eigenvalue weighted by Gasteiger charge is 2.27. The second-order valence-electron chi connectivity index (χ2n) is 12.2. The van der Waals surface area contributed by atoms with Gasteiger partial charge in [-0.05, 0) is 63.9 Å². The van der Waals surface area contributed by atoms with E-state index in [1.165, 1.54) is 10.7 Å². The number of nitrogens with zero attached hydrogens (tertiary/aromatic N) is 7. The number of aromatic nitrogens is 7. The fourth-order valence-electron chi connectivity index (χ4n) is 5.70. The fourth-order valence-corrected chi connectivity index (χ4v) is 6.26. The van der Waals surface area contributed by atoms with E-state index in [-0.39, 0.29) is 28.1 Å². The molecule has 0 saturated carbocycles. The Morgan fingerprint density at radius 2 is 1.78 bits per heavy atom. The lowest BCUT2D eigenvalue weighted by Gasteiger charge is -2.25. The van der Waals surface area contributed by atoms with Crippen molar-refractivity contribution in [2.75, 3.05) is 5.32 Å². The van der Waals surface area contributed by atoms with Crippen molar-refractivity contribution in [1.29, 1.82) is 0 Å². The van der Waals surface area contributed by atoms with E-state index in [1.807, 2.05) is 23.7 Å². The highest BCUT2D eigenvalue weighted by Crippen LogP contribution is 2.37. The number of hydrogen-bond acceptors (Lipinski definition) is 6. The molecule has 0 saturated heterocycles. The van der Waals surface area contributed by atoms with Crippen LogP contribution >= 0.6 is 34.8 Å². The molecule has 1 N–H and O–H groups in total. The number of anilines is 1. The van der Waals surface area contributed by atoms with E-state index in [0.29, 0.717) is 57.5 Å². The lowest BCUT2D eigenvalue weighted by Crippen LogP contribution is -2.27. The molecule has 5 aromatic rings. The summed E-state index contributed by atoms with van der Waals surface area (Å²) < 4.78 is 5.02. The number of rotatable bonds is 3. The molecular weight excluding hydrogens is 635 g/mol. The van der Waals surface area contributed by atoms with Gasteiger partial charge in [0.15, 0.2) is 5.15 Å². The number of pyridine rings is 2. The monoisotopic (exact) mass is 664 g/mol.